The lowest BCUT2D eigenvalue weighted by Crippen LogP contribution is -2.34. The minimum absolute atomic E-state index is 0.303. The zero-order valence-corrected chi connectivity index (χ0v) is 9.75. The SMILES string of the molecule is CCCC(COC)NCC(C)=CC(=O)O. The largest absolute Gasteiger partial charge is 0.478 e. The molecule has 0 aliphatic heterocycles. The Hall–Kier alpha value is -0.870. The van der Waals surface area contributed by atoms with E-state index in [1.807, 2.05) is 0 Å². The van der Waals surface area contributed by atoms with Crippen LogP contribution in [-0.2, 0) is 9.53 Å². The van der Waals surface area contributed by atoms with Crippen molar-refractivity contribution in [3.8, 4) is 0 Å². The molecule has 15 heavy (non-hydrogen) atoms. The molecule has 0 aliphatic carbocycles. The van der Waals surface area contributed by atoms with Gasteiger partial charge in [0.25, 0.3) is 0 Å². The number of hydrogen-bond donors (Lipinski definition) is 2. The molecule has 0 saturated heterocycles. The summed E-state index contributed by atoms with van der Waals surface area (Å²) in [4.78, 5) is 10.4. The number of hydrogen-bond acceptors (Lipinski definition) is 3. The van der Waals surface area contributed by atoms with Crippen LogP contribution in [-0.4, -0.2) is 37.4 Å². The molecule has 2 N–H and O–H groups in total. The van der Waals surface area contributed by atoms with Crippen molar-refractivity contribution >= 4 is 5.97 Å². The molecule has 0 bridgehead atoms. The molecule has 0 aromatic rings. The van der Waals surface area contributed by atoms with Gasteiger partial charge in [-0.15, -0.1) is 0 Å². The summed E-state index contributed by atoms with van der Waals surface area (Å²) in [5.74, 6) is -0.895. The van der Waals surface area contributed by atoms with E-state index in [1.165, 1.54) is 6.08 Å². The van der Waals surface area contributed by atoms with Crippen molar-refractivity contribution in [1.82, 2.24) is 5.32 Å². The van der Waals surface area contributed by atoms with Crippen LogP contribution in [0.1, 0.15) is 26.7 Å². The van der Waals surface area contributed by atoms with Crippen LogP contribution in [0.15, 0.2) is 11.6 Å². The average Bonchev–Trinajstić information content (AvgIpc) is 2.14. The maximum Gasteiger partial charge on any atom is 0.328 e. The van der Waals surface area contributed by atoms with Gasteiger partial charge in [0.2, 0.25) is 0 Å². The zero-order valence-electron chi connectivity index (χ0n) is 9.75. The molecule has 0 fully saturated rings. The molecule has 4 nitrogen and oxygen atoms in total. The van der Waals surface area contributed by atoms with E-state index in [0.717, 1.165) is 18.4 Å². The Morgan fingerprint density at radius 3 is 2.73 bits per heavy atom. The summed E-state index contributed by atoms with van der Waals surface area (Å²) < 4.78 is 5.07. The monoisotopic (exact) mass is 215 g/mol. The minimum atomic E-state index is -0.895. The second kappa shape index (κ2) is 8.44. The Labute approximate surface area is 91.3 Å². The van der Waals surface area contributed by atoms with Crippen molar-refractivity contribution in [2.45, 2.75) is 32.7 Å². The van der Waals surface area contributed by atoms with Crippen LogP contribution >= 0.6 is 0 Å². The van der Waals surface area contributed by atoms with Crippen molar-refractivity contribution in [3.05, 3.63) is 11.6 Å². The molecule has 1 atom stereocenters. The molecule has 4 heteroatoms. The Kier molecular flexibility index (Phi) is 7.95. The van der Waals surface area contributed by atoms with Crippen LogP contribution in [0, 0.1) is 0 Å². The molecule has 0 saturated carbocycles. The van der Waals surface area contributed by atoms with Gasteiger partial charge in [0.15, 0.2) is 0 Å². The third-order valence-electron chi connectivity index (χ3n) is 2.04. The summed E-state index contributed by atoms with van der Waals surface area (Å²) in [6, 6.07) is 0.303. The molecule has 0 aliphatic rings. The van der Waals surface area contributed by atoms with Gasteiger partial charge in [0.1, 0.15) is 0 Å². The van der Waals surface area contributed by atoms with Crippen LogP contribution in [0.25, 0.3) is 0 Å². The van der Waals surface area contributed by atoms with E-state index in [-0.39, 0.29) is 0 Å². The number of carbonyl (C=O) groups is 1. The topological polar surface area (TPSA) is 58.6 Å². The van der Waals surface area contributed by atoms with Gasteiger partial charge in [-0.3, -0.25) is 0 Å². The fourth-order valence-corrected chi connectivity index (χ4v) is 1.36. The van der Waals surface area contributed by atoms with Gasteiger partial charge in [0.05, 0.1) is 6.61 Å². The minimum Gasteiger partial charge on any atom is -0.478 e. The number of carboxylic acids is 1. The van der Waals surface area contributed by atoms with Crippen molar-refractivity contribution in [1.29, 1.82) is 0 Å². The molecule has 0 heterocycles. The number of ether oxygens (including phenoxy) is 1. The quantitative estimate of drug-likeness (QED) is 0.601. The summed E-state index contributed by atoms with van der Waals surface area (Å²) in [6.45, 7) is 5.18. The fraction of sp³-hybridized carbons (Fsp3) is 0.727. The van der Waals surface area contributed by atoms with E-state index in [2.05, 4.69) is 12.2 Å². The van der Waals surface area contributed by atoms with Gasteiger partial charge >= 0.3 is 5.97 Å². The number of aliphatic carboxylic acids is 1. The van der Waals surface area contributed by atoms with Crippen LogP contribution in [0.5, 0.6) is 0 Å². The zero-order chi connectivity index (χ0) is 11.7. The molecule has 0 aromatic heterocycles. The lowest BCUT2D eigenvalue weighted by Gasteiger charge is -2.17. The molecule has 0 radical (unpaired) electrons. The third-order valence-corrected chi connectivity index (χ3v) is 2.04. The molecule has 0 amide bonds. The Balaban J connectivity index is 3.92. The lowest BCUT2D eigenvalue weighted by molar-refractivity contribution is -0.131. The van der Waals surface area contributed by atoms with Gasteiger partial charge in [-0.25, -0.2) is 4.79 Å². The Morgan fingerprint density at radius 2 is 2.27 bits per heavy atom. The van der Waals surface area contributed by atoms with Gasteiger partial charge < -0.3 is 15.2 Å². The van der Waals surface area contributed by atoms with Gasteiger partial charge in [0, 0.05) is 25.8 Å². The first-order valence-corrected chi connectivity index (χ1v) is 5.22. The Bertz CT molecular complexity index is 208. The van der Waals surface area contributed by atoms with Gasteiger partial charge in [-0.2, -0.15) is 0 Å². The highest BCUT2D eigenvalue weighted by molar-refractivity contribution is 5.80. The summed E-state index contributed by atoms with van der Waals surface area (Å²) in [5.41, 5.74) is 0.819. The first kappa shape index (κ1) is 14.1. The average molecular weight is 215 g/mol. The molecule has 0 rings (SSSR count). The first-order valence-electron chi connectivity index (χ1n) is 5.22. The van der Waals surface area contributed by atoms with Crippen LogP contribution in [0.2, 0.25) is 0 Å². The standard InChI is InChI=1S/C11H21NO3/c1-4-5-10(8-15-3)12-7-9(2)6-11(13)14/h6,10,12H,4-5,7-8H2,1-3H3,(H,13,14). The number of carboxylic acid groups (broad SMARTS) is 1. The van der Waals surface area contributed by atoms with E-state index in [9.17, 15) is 4.79 Å². The van der Waals surface area contributed by atoms with E-state index >= 15 is 0 Å². The number of rotatable bonds is 8. The molecular formula is C11H21NO3. The summed E-state index contributed by atoms with van der Waals surface area (Å²) in [6.07, 6.45) is 3.35. The van der Waals surface area contributed by atoms with Crippen LogP contribution < -0.4 is 5.32 Å². The van der Waals surface area contributed by atoms with E-state index in [0.29, 0.717) is 19.2 Å². The molecule has 88 valence electrons. The highest BCUT2D eigenvalue weighted by atomic mass is 16.5. The molecule has 0 spiro atoms. The van der Waals surface area contributed by atoms with E-state index < -0.39 is 5.97 Å². The van der Waals surface area contributed by atoms with Crippen molar-refractivity contribution in [2.24, 2.45) is 0 Å². The predicted molar refractivity (Wildman–Crippen MR) is 60.0 cm³/mol. The second-order valence-corrected chi connectivity index (χ2v) is 3.65. The van der Waals surface area contributed by atoms with Gasteiger partial charge in [-0.1, -0.05) is 18.9 Å². The summed E-state index contributed by atoms with van der Waals surface area (Å²) in [5, 5.41) is 11.8. The smallest absolute Gasteiger partial charge is 0.328 e. The molecular weight excluding hydrogens is 194 g/mol. The molecule has 1 unspecified atom stereocenters. The molecule has 0 aromatic carbocycles. The van der Waals surface area contributed by atoms with Crippen LogP contribution in [0.4, 0.5) is 0 Å². The van der Waals surface area contributed by atoms with Crippen molar-refractivity contribution < 1.29 is 14.6 Å². The number of nitrogens with one attached hydrogen (secondary N) is 1. The van der Waals surface area contributed by atoms with E-state index in [1.54, 1.807) is 14.0 Å². The normalized spacial score (nSPS) is 13.9. The number of methoxy groups -OCH3 is 1. The van der Waals surface area contributed by atoms with Crippen molar-refractivity contribution in [2.75, 3.05) is 20.3 Å². The highest BCUT2D eigenvalue weighted by Crippen LogP contribution is 1.99. The lowest BCUT2D eigenvalue weighted by atomic mass is 10.1. The van der Waals surface area contributed by atoms with Crippen LogP contribution in [0.3, 0.4) is 0 Å². The second-order valence-electron chi connectivity index (χ2n) is 3.65. The summed E-state index contributed by atoms with van der Waals surface area (Å²) in [7, 11) is 1.67. The highest BCUT2D eigenvalue weighted by Gasteiger charge is 2.06. The van der Waals surface area contributed by atoms with E-state index in [4.69, 9.17) is 9.84 Å². The summed E-state index contributed by atoms with van der Waals surface area (Å²) >= 11 is 0. The predicted octanol–water partition coefficient (Wildman–Crippen LogP) is 1.42. The maximum absolute atomic E-state index is 10.4. The van der Waals surface area contributed by atoms with Gasteiger partial charge in [-0.05, 0) is 13.3 Å². The fourth-order valence-electron chi connectivity index (χ4n) is 1.36. The van der Waals surface area contributed by atoms with Crippen molar-refractivity contribution in [3.63, 3.8) is 0 Å². The third kappa shape index (κ3) is 8.15. The maximum atomic E-state index is 10.4. The first-order chi connectivity index (χ1) is 7.10. The Morgan fingerprint density at radius 1 is 1.60 bits per heavy atom.